The van der Waals surface area contributed by atoms with Crippen LogP contribution in [0.3, 0.4) is 0 Å². The second kappa shape index (κ2) is 2.12. The van der Waals surface area contributed by atoms with Gasteiger partial charge in [0.25, 0.3) is 0 Å². The Bertz CT molecular complexity index is 89.7. The molecule has 0 atom stereocenters. The van der Waals surface area contributed by atoms with E-state index in [9.17, 15) is 7.82 Å². The van der Waals surface area contributed by atoms with E-state index >= 15 is 0 Å². The van der Waals surface area contributed by atoms with Gasteiger partial charge in [0.05, 0.1) is 0 Å². The Labute approximate surface area is 42.8 Å². The average molecular weight is 190 g/mol. The van der Waals surface area contributed by atoms with E-state index in [0.717, 1.165) is 0 Å². The minimum atomic E-state index is -4.05. The summed E-state index contributed by atoms with van der Waals surface area (Å²) < 4.78 is 18.8. The van der Waals surface area contributed by atoms with Gasteiger partial charge in [-0.2, -0.15) is 0 Å². The van der Waals surface area contributed by atoms with Crippen molar-refractivity contribution in [1.82, 2.24) is 0 Å². The van der Waals surface area contributed by atoms with Gasteiger partial charge < -0.3 is 0 Å². The normalized spacial score (nSPS) is 11.0. The standard InChI is InChI=1S/Nb.HO3P.O/c;1-4(2)3;/h;(H-,1,2,3);/q-1;;/p+1. The van der Waals surface area contributed by atoms with Crippen LogP contribution in [0.5, 0.6) is 0 Å². The first-order valence-electron chi connectivity index (χ1n) is 0.965. The maximum atomic E-state index is 9.45. The van der Waals surface area contributed by atoms with Crippen LogP contribution < -0.4 is 0 Å². The molecule has 0 aliphatic heterocycles. The summed E-state index contributed by atoms with van der Waals surface area (Å²) in [7, 11) is 0. The molecule has 0 aliphatic rings. The molecule has 0 saturated heterocycles. The fourth-order valence-electron chi connectivity index (χ4n) is 0. The number of hydrogen-bond donors (Lipinski definition) is 2. The third-order valence-corrected chi connectivity index (χ3v) is 1.89. The fraction of sp³-hybridized carbons (Fsp3) is 0. The van der Waals surface area contributed by atoms with Crippen LogP contribution in [0, 0.1) is 0 Å². The Morgan fingerprint density at radius 3 is 1.67 bits per heavy atom. The first-order chi connectivity index (χ1) is 2.56. The van der Waals surface area contributed by atoms with Gasteiger partial charge in [0.2, 0.25) is 0 Å². The SMILES string of the molecule is [O]=[Nb][P](=O)(O)O. The van der Waals surface area contributed by atoms with Crippen LogP contribution in [-0.4, -0.2) is 9.79 Å². The average Bonchev–Trinajstić information content (AvgIpc) is 1.35. The van der Waals surface area contributed by atoms with Crippen molar-refractivity contribution in [3.63, 3.8) is 0 Å². The van der Waals surface area contributed by atoms with Crippen LogP contribution in [0.2, 0.25) is 0 Å². The summed E-state index contributed by atoms with van der Waals surface area (Å²) in [4.78, 5) is 15.4. The number of hydrogen-bond acceptors (Lipinski definition) is 2. The third kappa shape index (κ3) is 4.69. The summed E-state index contributed by atoms with van der Waals surface area (Å²) in [5.74, 6) is 0. The Hall–Kier alpha value is 0.690. The van der Waals surface area contributed by atoms with Crippen molar-refractivity contribution in [2.24, 2.45) is 0 Å². The summed E-state index contributed by atoms with van der Waals surface area (Å²) >= 11 is -2.41. The van der Waals surface area contributed by atoms with Gasteiger partial charge >= 0.3 is 42.3 Å². The van der Waals surface area contributed by atoms with E-state index in [1.165, 1.54) is 0 Å². The van der Waals surface area contributed by atoms with Gasteiger partial charge in [-0.1, -0.05) is 0 Å². The Morgan fingerprint density at radius 2 is 1.67 bits per heavy atom. The molecule has 0 aromatic carbocycles. The molecule has 6 heavy (non-hydrogen) atoms. The Morgan fingerprint density at radius 1 is 1.50 bits per heavy atom. The fourth-order valence-corrected chi connectivity index (χ4v) is 0. The van der Waals surface area contributed by atoms with Gasteiger partial charge in [-0.05, 0) is 0 Å². The molecule has 0 amide bonds. The molecule has 0 aliphatic carbocycles. The van der Waals surface area contributed by atoms with Gasteiger partial charge in [-0.3, -0.25) is 0 Å². The molecule has 0 rings (SSSR count). The van der Waals surface area contributed by atoms with E-state index in [0.29, 0.717) is 0 Å². The minimum absolute atomic E-state index is 2.41. The molecule has 0 heterocycles. The monoisotopic (exact) mass is 190 g/mol. The molecule has 0 aromatic rings. The Kier molecular flexibility index (Phi) is 2.36. The van der Waals surface area contributed by atoms with Gasteiger partial charge in [0.1, 0.15) is 0 Å². The molecule has 0 saturated carbocycles. The quantitative estimate of drug-likeness (QED) is 0.432. The number of rotatable bonds is 1. The zero-order valence-corrected chi connectivity index (χ0v) is 5.70. The van der Waals surface area contributed by atoms with Crippen molar-refractivity contribution in [1.29, 1.82) is 0 Å². The molecule has 6 heteroatoms. The molecule has 0 spiro atoms. The van der Waals surface area contributed by atoms with Gasteiger partial charge in [-0.25, -0.2) is 0 Å². The van der Waals surface area contributed by atoms with E-state index in [4.69, 9.17) is 9.79 Å². The van der Waals surface area contributed by atoms with E-state index in [1.54, 1.807) is 0 Å². The van der Waals surface area contributed by atoms with Gasteiger partial charge in [0.15, 0.2) is 0 Å². The summed E-state index contributed by atoms with van der Waals surface area (Å²) in [6.45, 7) is 0. The molecule has 0 unspecified atom stereocenters. The second-order valence-corrected chi connectivity index (χ2v) is 6.83. The van der Waals surface area contributed by atoms with Crippen molar-refractivity contribution in [3.8, 4) is 0 Å². The zero-order valence-electron chi connectivity index (χ0n) is 2.61. The first kappa shape index (κ1) is 6.69. The summed E-state index contributed by atoms with van der Waals surface area (Å²) in [6.07, 6.45) is 0. The topological polar surface area (TPSA) is 74.6 Å². The molecule has 0 radical (unpaired) electrons. The molecule has 0 aromatic heterocycles. The summed E-state index contributed by atoms with van der Waals surface area (Å²) in [5.41, 5.74) is -4.05. The van der Waals surface area contributed by atoms with Crippen LogP contribution in [0.15, 0.2) is 0 Å². The molecule has 0 fully saturated rings. The van der Waals surface area contributed by atoms with E-state index < -0.39 is 24.7 Å². The van der Waals surface area contributed by atoms with Gasteiger partial charge in [-0.15, -0.1) is 0 Å². The van der Waals surface area contributed by atoms with Crippen molar-refractivity contribution in [3.05, 3.63) is 0 Å². The van der Waals surface area contributed by atoms with Crippen LogP contribution in [0.25, 0.3) is 0 Å². The second-order valence-electron chi connectivity index (χ2n) is 0.595. The summed E-state index contributed by atoms with van der Waals surface area (Å²) in [5, 5.41) is 0. The molecule has 0 bridgehead atoms. The van der Waals surface area contributed by atoms with E-state index in [1.807, 2.05) is 0 Å². The van der Waals surface area contributed by atoms with Crippen molar-refractivity contribution < 1.29 is 36.8 Å². The van der Waals surface area contributed by atoms with E-state index in [2.05, 4.69) is 0 Å². The Balaban J connectivity index is 3.81. The van der Waals surface area contributed by atoms with Crippen LogP contribution >= 0.6 is 5.49 Å². The molecule has 4 nitrogen and oxygen atoms in total. The molecule has 2 N–H and O–H groups in total. The van der Waals surface area contributed by atoms with Crippen LogP contribution in [0.4, 0.5) is 0 Å². The van der Waals surface area contributed by atoms with Crippen LogP contribution in [0.1, 0.15) is 0 Å². The van der Waals surface area contributed by atoms with Crippen molar-refractivity contribution >= 4 is 5.49 Å². The molecular weight excluding hydrogens is 188 g/mol. The van der Waals surface area contributed by atoms with Crippen molar-refractivity contribution in [2.75, 3.05) is 0 Å². The predicted octanol–water partition coefficient (Wildman–Crippen LogP) is -0.493. The first-order valence-corrected chi connectivity index (χ1v) is 6.38. The third-order valence-electron chi connectivity index (χ3n) is 0.106. The molecular formula is H2NbO4P. The maximum absolute atomic E-state index is 9.45. The van der Waals surface area contributed by atoms with Gasteiger partial charge in [0, 0.05) is 0 Å². The van der Waals surface area contributed by atoms with Crippen molar-refractivity contribution in [2.45, 2.75) is 0 Å². The predicted molar refractivity (Wildman–Crippen MR) is 12.7 cm³/mol. The zero-order chi connectivity index (χ0) is 5.21. The summed E-state index contributed by atoms with van der Waals surface area (Å²) in [6, 6.07) is 0. The van der Waals surface area contributed by atoms with E-state index in [-0.39, 0.29) is 0 Å². The van der Waals surface area contributed by atoms with Crippen LogP contribution in [-0.2, 0) is 27.0 Å². The molecule has 36 valence electrons.